The number of hydrogen-bond acceptors (Lipinski definition) is 3. The summed E-state index contributed by atoms with van der Waals surface area (Å²) in [6, 6.07) is 3.96. The smallest absolute Gasteiger partial charge is 0.141 e. The Bertz CT molecular complexity index is 420. The average Bonchev–Trinajstić information content (AvgIpc) is 2.51. The molecule has 2 aromatic rings. The summed E-state index contributed by atoms with van der Waals surface area (Å²) >= 11 is 0. The molecule has 0 fully saturated rings. The minimum atomic E-state index is 0.839. The molecule has 0 atom stereocenters. The van der Waals surface area contributed by atoms with Crippen LogP contribution in [0.3, 0.4) is 0 Å². The van der Waals surface area contributed by atoms with Gasteiger partial charge in [0.15, 0.2) is 0 Å². The zero-order valence-corrected chi connectivity index (χ0v) is 7.61. The number of rotatable bonds is 1. The first-order valence-corrected chi connectivity index (χ1v) is 4.11. The Kier molecular flexibility index (Phi) is 1.85. The first-order chi connectivity index (χ1) is 6.27. The van der Waals surface area contributed by atoms with Gasteiger partial charge in [0.05, 0.1) is 6.20 Å². The van der Waals surface area contributed by atoms with Crippen molar-refractivity contribution >= 4 is 0 Å². The standard InChI is InChI=1S/C10H10N2O/c1-7-5-9(3-4-11-7)10-6-12-13-8(10)2/h3-6H,1-2H3. The third-order valence-electron chi connectivity index (χ3n) is 1.96. The lowest BCUT2D eigenvalue weighted by Crippen LogP contribution is -1.82. The van der Waals surface area contributed by atoms with Gasteiger partial charge in [-0.05, 0) is 31.5 Å². The van der Waals surface area contributed by atoms with Gasteiger partial charge in [-0.25, -0.2) is 0 Å². The van der Waals surface area contributed by atoms with E-state index in [1.54, 1.807) is 12.4 Å². The molecule has 0 aliphatic rings. The molecule has 0 saturated heterocycles. The average molecular weight is 174 g/mol. The number of nitrogens with zero attached hydrogens (tertiary/aromatic N) is 2. The van der Waals surface area contributed by atoms with Crippen LogP contribution < -0.4 is 0 Å². The van der Waals surface area contributed by atoms with Gasteiger partial charge < -0.3 is 4.52 Å². The molecule has 0 bridgehead atoms. The molecule has 0 N–H and O–H groups in total. The van der Waals surface area contributed by atoms with Gasteiger partial charge in [-0.2, -0.15) is 0 Å². The molecule has 0 spiro atoms. The molecule has 13 heavy (non-hydrogen) atoms. The molecule has 0 saturated carbocycles. The van der Waals surface area contributed by atoms with Crippen molar-refractivity contribution < 1.29 is 4.52 Å². The first-order valence-electron chi connectivity index (χ1n) is 4.11. The van der Waals surface area contributed by atoms with E-state index in [0.29, 0.717) is 0 Å². The molecule has 0 aliphatic carbocycles. The summed E-state index contributed by atoms with van der Waals surface area (Å²) in [5, 5.41) is 3.73. The number of hydrogen-bond donors (Lipinski definition) is 0. The second kappa shape index (κ2) is 3.01. The van der Waals surface area contributed by atoms with Crippen molar-refractivity contribution in [3.63, 3.8) is 0 Å². The Labute approximate surface area is 76.4 Å². The summed E-state index contributed by atoms with van der Waals surface area (Å²) in [5.41, 5.74) is 3.13. The number of aryl methyl sites for hydroxylation is 2. The third kappa shape index (κ3) is 1.45. The van der Waals surface area contributed by atoms with Gasteiger partial charge in [0.2, 0.25) is 0 Å². The maximum atomic E-state index is 4.99. The molecule has 0 unspecified atom stereocenters. The maximum absolute atomic E-state index is 4.99. The molecule has 2 aromatic heterocycles. The lowest BCUT2D eigenvalue weighted by molar-refractivity contribution is 0.398. The van der Waals surface area contributed by atoms with Crippen LogP contribution in [0.25, 0.3) is 11.1 Å². The van der Waals surface area contributed by atoms with E-state index in [4.69, 9.17) is 4.52 Å². The van der Waals surface area contributed by atoms with E-state index in [2.05, 4.69) is 10.1 Å². The molecule has 0 aromatic carbocycles. The minimum absolute atomic E-state index is 0.839. The Balaban J connectivity index is 2.53. The molecule has 0 aliphatic heterocycles. The Morgan fingerprint density at radius 1 is 1.31 bits per heavy atom. The van der Waals surface area contributed by atoms with Crippen molar-refractivity contribution in [3.8, 4) is 11.1 Å². The van der Waals surface area contributed by atoms with Crippen LogP contribution in [0.5, 0.6) is 0 Å². The molecule has 0 radical (unpaired) electrons. The largest absolute Gasteiger partial charge is 0.361 e. The van der Waals surface area contributed by atoms with E-state index in [1.165, 1.54) is 0 Å². The summed E-state index contributed by atoms with van der Waals surface area (Å²) in [5.74, 6) is 0.839. The van der Waals surface area contributed by atoms with Crippen LogP contribution in [0.1, 0.15) is 11.5 Å². The molecule has 3 heteroatoms. The van der Waals surface area contributed by atoms with Crippen LogP contribution in [0.15, 0.2) is 29.0 Å². The lowest BCUT2D eigenvalue weighted by atomic mass is 10.1. The quantitative estimate of drug-likeness (QED) is 0.666. The highest BCUT2D eigenvalue weighted by atomic mass is 16.5. The normalized spacial score (nSPS) is 10.3. The highest BCUT2D eigenvalue weighted by molar-refractivity contribution is 5.63. The fourth-order valence-corrected chi connectivity index (χ4v) is 1.29. The molecule has 66 valence electrons. The molecule has 2 heterocycles. The zero-order chi connectivity index (χ0) is 9.26. The predicted octanol–water partition coefficient (Wildman–Crippen LogP) is 2.35. The highest BCUT2D eigenvalue weighted by Crippen LogP contribution is 2.22. The first kappa shape index (κ1) is 7.98. The van der Waals surface area contributed by atoms with E-state index in [9.17, 15) is 0 Å². The Morgan fingerprint density at radius 3 is 2.77 bits per heavy atom. The van der Waals surface area contributed by atoms with E-state index in [-0.39, 0.29) is 0 Å². The van der Waals surface area contributed by atoms with Gasteiger partial charge in [-0.1, -0.05) is 5.16 Å². The topological polar surface area (TPSA) is 38.9 Å². The molecular weight excluding hydrogens is 164 g/mol. The molecule has 3 nitrogen and oxygen atoms in total. The van der Waals surface area contributed by atoms with Crippen LogP contribution in [-0.4, -0.2) is 10.1 Å². The van der Waals surface area contributed by atoms with E-state index in [1.807, 2.05) is 26.0 Å². The van der Waals surface area contributed by atoms with Crippen LogP contribution in [-0.2, 0) is 0 Å². The lowest BCUT2D eigenvalue weighted by Gasteiger charge is -1.97. The van der Waals surface area contributed by atoms with Crippen molar-refractivity contribution in [2.75, 3.05) is 0 Å². The van der Waals surface area contributed by atoms with Crippen LogP contribution in [0.4, 0.5) is 0 Å². The van der Waals surface area contributed by atoms with Crippen LogP contribution in [0.2, 0.25) is 0 Å². The van der Waals surface area contributed by atoms with Crippen molar-refractivity contribution in [2.45, 2.75) is 13.8 Å². The van der Waals surface area contributed by atoms with Crippen LogP contribution >= 0.6 is 0 Å². The zero-order valence-electron chi connectivity index (χ0n) is 7.61. The van der Waals surface area contributed by atoms with E-state index < -0.39 is 0 Å². The number of pyridine rings is 1. The molecule has 2 rings (SSSR count). The van der Waals surface area contributed by atoms with Crippen molar-refractivity contribution in [1.82, 2.24) is 10.1 Å². The fraction of sp³-hybridized carbons (Fsp3) is 0.200. The molecule has 0 amide bonds. The SMILES string of the molecule is Cc1cc(-c2cnoc2C)ccn1. The van der Waals surface area contributed by atoms with E-state index in [0.717, 1.165) is 22.6 Å². The summed E-state index contributed by atoms with van der Waals surface area (Å²) < 4.78 is 4.99. The second-order valence-electron chi connectivity index (χ2n) is 2.98. The van der Waals surface area contributed by atoms with E-state index >= 15 is 0 Å². The second-order valence-corrected chi connectivity index (χ2v) is 2.98. The minimum Gasteiger partial charge on any atom is -0.361 e. The van der Waals surface area contributed by atoms with Gasteiger partial charge in [-0.15, -0.1) is 0 Å². The Morgan fingerprint density at radius 2 is 2.15 bits per heavy atom. The van der Waals surface area contributed by atoms with Crippen LogP contribution in [0, 0.1) is 13.8 Å². The predicted molar refractivity (Wildman–Crippen MR) is 49.2 cm³/mol. The number of aromatic nitrogens is 2. The van der Waals surface area contributed by atoms with Gasteiger partial charge in [0.25, 0.3) is 0 Å². The molecular formula is C10H10N2O. The fourth-order valence-electron chi connectivity index (χ4n) is 1.29. The van der Waals surface area contributed by atoms with Gasteiger partial charge in [0, 0.05) is 17.5 Å². The van der Waals surface area contributed by atoms with Crippen molar-refractivity contribution in [3.05, 3.63) is 36.0 Å². The third-order valence-corrected chi connectivity index (χ3v) is 1.96. The maximum Gasteiger partial charge on any atom is 0.141 e. The Hall–Kier alpha value is -1.64. The summed E-state index contributed by atoms with van der Waals surface area (Å²) in [6.45, 7) is 3.87. The van der Waals surface area contributed by atoms with Gasteiger partial charge in [0.1, 0.15) is 5.76 Å². The van der Waals surface area contributed by atoms with Gasteiger partial charge in [-0.3, -0.25) is 4.98 Å². The summed E-state index contributed by atoms with van der Waals surface area (Å²) in [7, 11) is 0. The van der Waals surface area contributed by atoms with Crippen molar-refractivity contribution in [2.24, 2.45) is 0 Å². The van der Waals surface area contributed by atoms with Crippen molar-refractivity contribution in [1.29, 1.82) is 0 Å². The highest BCUT2D eigenvalue weighted by Gasteiger charge is 2.05. The summed E-state index contributed by atoms with van der Waals surface area (Å²) in [6.07, 6.45) is 3.52. The summed E-state index contributed by atoms with van der Waals surface area (Å²) in [4.78, 5) is 4.13. The monoisotopic (exact) mass is 174 g/mol. The van der Waals surface area contributed by atoms with Gasteiger partial charge >= 0.3 is 0 Å².